The van der Waals surface area contributed by atoms with Gasteiger partial charge in [-0.2, -0.15) is 0 Å². The smallest absolute Gasteiger partial charge is 0.248 e. The molecule has 0 unspecified atom stereocenters. The van der Waals surface area contributed by atoms with Gasteiger partial charge in [0.1, 0.15) is 10.9 Å². The largest absolute Gasteiger partial charge is 0.324 e. The Bertz CT molecular complexity index is 868. The van der Waals surface area contributed by atoms with Gasteiger partial charge in [0.2, 0.25) is 11.8 Å². The molecule has 0 radical (unpaired) electrons. The Morgan fingerprint density at radius 2 is 1.92 bits per heavy atom. The Kier molecular flexibility index (Phi) is 4.27. The van der Waals surface area contributed by atoms with Crippen LogP contribution in [0, 0.1) is 13.8 Å². The Morgan fingerprint density at radius 3 is 2.65 bits per heavy atom. The number of anilines is 1. The van der Waals surface area contributed by atoms with Crippen LogP contribution in [0.2, 0.25) is 0 Å². The highest BCUT2D eigenvalue weighted by Crippen LogP contribution is 2.54. The first-order chi connectivity index (χ1) is 12.5. The zero-order valence-electron chi connectivity index (χ0n) is 15.0. The first kappa shape index (κ1) is 17.2. The van der Waals surface area contributed by atoms with Crippen LogP contribution in [0.1, 0.15) is 29.5 Å². The third-order valence-corrected chi connectivity index (χ3v) is 7.03. The highest BCUT2D eigenvalue weighted by Gasteiger charge is 2.56. The fourth-order valence-corrected chi connectivity index (χ4v) is 5.53. The second kappa shape index (κ2) is 6.47. The highest BCUT2D eigenvalue weighted by atomic mass is 32.2. The maximum atomic E-state index is 13.0. The Morgan fingerprint density at radius 1 is 1.15 bits per heavy atom. The zero-order chi connectivity index (χ0) is 18.3. The standard InChI is InChI=1S/C21H22N2O2S/c1-14-8-9-17(12-15(14)2)22-20(25)18-13-26-21(11-10-19(24)23(18)21)16-6-4-3-5-7-16/h3-9,12,18H,10-11,13H2,1-2H3,(H,22,25)/t18-,21-/m1/s1. The molecule has 2 aromatic carbocycles. The van der Waals surface area contributed by atoms with Crippen LogP contribution in [0.15, 0.2) is 48.5 Å². The number of aryl methyl sites for hydroxylation is 2. The van der Waals surface area contributed by atoms with Gasteiger partial charge in [0.25, 0.3) is 0 Å². The average Bonchev–Trinajstić information content (AvgIpc) is 3.18. The number of nitrogens with one attached hydrogen (secondary N) is 1. The summed E-state index contributed by atoms with van der Waals surface area (Å²) in [5, 5.41) is 3.01. The van der Waals surface area contributed by atoms with Gasteiger partial charge in [-0.3, -0.25) is 9.59 Å². The number of fused-ring (bicyclic) bond motifs is 1. The van der Waals surface area contributed by atoms with Crippen LogP contribution in [0.3, 0.4) is 0 Å². The molecule has 2 aromatic rings. The molecule has 2 aliphatic heterocycles. The van der Waals surface area contributed by atoms with Crippen molar-refractivity contribution < 1.29 is 9.59 Å². The zero-order valence-corrected chi connectivity index (χ0v) is 15.8. The van der Waals surface area contributed by atoms with Crippen molar-refractivity contribution in [3.05, 3.63) is 65.2 Å². The van der Waals surface area contributed by atoms with Crippen molar-refractivity contribution in [3.63, 3.8) is 0 Å². The van der Waals surface area contributed by atoms with Gasteiger partial charge in [-0.25, -0.2) is 0 Å². The summed E-state index contributed by atoms with van der Waals surface area (Å²) >= 11 is 1.71. The molecule has 26 heavy (non-hydrogen) atoms. The summed E-state index contributed by atoms with van der Waals surface area (Å²) in [7, 11) is 0. The molecule has 2 aliphatic rings. The van der Waals surface area contributed by atoms with Gasteiger partial charge in [0.15, 0.2) is 0 Å². The van der Waals surface area contributed by atoms with Crippen molar-refractivity contribution >= 4 is 29.3 Å². The van der Waals surface area contributed by atoms with Gasteiger partial charge in [0.05, 0.1) is 0 Å². The fourth-order valence-electron chi connectivity index (χ4n) is 3.88. The number of amides is 2. The number of benzene rings is 2. The van der Waals surface area contributed by atoms with E-state index in [0.717, 1.165) is 23.2 Å². The van der Waals surface area contributed by atoms with E-state index in [1.807, 2.05) is 55.1 Å². The monoisotopic (exact) mass is 366 g/mol. The Hall–Kier alpha value is -2.27. The number of nitrogens with zero attached hydrogens (tertiary/aromatic N) is 1. The van der Waals surface area contributed by atoms with Crippen molar-refractivity contribution in [2.45, 2.75) is 37.6 Å². The summed E-state index contributed by atoms with van der Waals surface area (Å²) in [5.41, 5.74) is 4.22. The second-order valence-corrected chi connectivity index (χ2v) is 8.33. The van der Waals surface area contributed by atoms with Gasteiger partial charge >= 0.3 is 0 Å². The van der Waals surface area contributed by atoms with E-state index in [-0.39, 0.29) is 11.8 Å². The number of hydrogen-bond acceptors (Lipinski definition) is 3. The van der Waals surface area contributed by atoms with E-state index in [1.54, 1.807) is 11.8 Å². The summed E-state index contributed by atoms with van der Waals surface area (Å²) in [6.07, 6.45) is 1.25. The fraction of sp³-hybridized carbons (Fsp3) is 0.333. The van der Waals surface area contributed by atoms with Crippen LogP contribution in [-0.2, 0) is 14.5 Å². The first-order valence-electron chi connectivity index (χ1n) is 8.91. The van der Waals surface area contributed by atoms with Crippen LogP contribution in [-0.4, -0.2) is 28.5 Å². The number of carbonyl (C=O) groups excluding carboxylic acids is 2. The van der Waals surface area contributed by atoms with E-state index in [9.17, 15) is 9.59 Å². The molecule has 0 bridgehead atoms. The lowest BCUT2D eigenvalue weighted by molar-refractivity contribution is -0.136. The number of thioether (sulfide) groups is 1. The molecule has 4 nitrogen and oxygen atoms in total. The van der Waals surface area contributed by atoms with Gasteiger partial charge in [-0.1, -0.05) is 36.4 Å². The third-order valence-electron chi connectivity index (χ3n) is 5.43. The first-order valence-corrected chi connectivity index (χ1v) is 9.89. The molecule has 0 aromatic heterocycles. The molecule has 4 rings (SSSR count). The molecule has 2 atom stereocenters. The Balaban J connectivity index is 1.60. The van der Waals surface area contributed by atoms with Crippen molar-refractivity contribution in [2.24, 2.45) is 0 Å². The van der Waals surface area contributed by atoms with Crippen LogP contribution in [0.25, 0.3) is 0 Å². The van der Waals surface area contributed by atoms with Crippen molar-refractivity contribution in [3.8, 4) is 0 Å². The van der Waals surface area contributed by atoms with E-state index in [4.69, 9.17) is 0 Å². The third kappa shape index (κ3) is 2.71. The summed E-state index contributed by atoms with van der Waals surface area (Å²) < 4.78 is 0. The predicted octanol–water partition coefficient (Wildman–Crippen LogP) is 3.83. The number of carbonyl (C=O) groups is 2. The highest BCUT2D eigenvalue weighted by molar-refractivity contribution is 8.00. The normalized spacial score (nSPS) is 24.6. The van der Waals surface area contributed by atoms with Crippen molar-refractivity contribution in [1.29, 1.82) is 0 Å². The summed E-state index contributed by atoms with van der Waals surface area (Å²) in [6, 6.07) is 15.5. The van der Waals surface area contributed by atoms with E-state index in [0.29, 0.717) is 12.2 Å². The average molecular weight is 366 g/mol. The van der Waals surface area contributed by atoms with Gasteiger partial charge in [-0.05, 0) is 49.1 Å². The Labute approximate surface area is 158 Å². The molecule has 2 saturated heterocycles. The molecular weight excluding hydrogens is 344 g/mol. The van der Waals surface area contributed by atoms with E-state index in [2.05, 4.69) is 17.4 Å². The van der Waals surface area contributed by atoms with Gasteiger partial charge in [0, 0.05) is 17.9 Å². The maximum absolute atomic E-state index is 13.0. The molecule has 2 heterocycles. The molecular formula is C21H22N2O2S. The van der Waals surface area contributed by atoms with Crippen LogP contribution < -0.4 is 5.32 Å². The molecule has 134 valence electrons. The number of hydrogen-bond donors (Lipinski definition) is 1. The lowest BCUT2D eigenvalue weighted by atomic mass is 10.0. The van der Waals surface area contributed by atoms with Crippen LogP contribution >= 0.6 is 11.8 Å². The minimum atomic E-state index is -0.434. The number of rotatable bonds is 3. The minimum Gasteiger partial charge on any atom is -0.324 e. The molecule has 0 spiro atoms. The molecule has 0 aliphatic carbocycles. The van der Waals surface area contributed by atoms with Crippen LogP contribution in [0.4, 0.5) is 5.69 Å². The van der Waals surface area contributed by atoms with Crippen molar-refractivity contribution in [2.75, 3.05) is 11.1 Å². The molecule has 5 heteroatoms. The summed E-state index contributed by atoms with van der Waals surface area (Å²) in [5.74, 6) is 0.588. The quantitative estimate of drug-likeness (QED) is 0.898. The second-order valence-electron chi connectivity index (χ2n) is 7.03. The van der Waals surface area contributed by atoms with Gasteiger partial charge < -0.3 is 10.2 Å². The van der Waals surface area contributed by atoms with E-state index >= 15 is 0 Å². The predicted molar refractivity (Wildman–Crippen MR) is 105 cm³/mol. The van der Waals surface area contributed by atoms with E-state index < -0.39 is 10.9 Å². The lowest BCUT2D eigenvalue weighted by Gasteiger charge is -2.34. The molecule has 2 amide bonds. The lowest BCUT2D eigenvalue weighted by Crippen LogP contribution is -2.48. The summed E-state index contributed by atoms with van der Waals surface area (Å²) in [4.78, 5) is 27.0. The summed E-state index contributed by atoms with van der Waals surface area (Å²) in [6.45, 7) is 4.08. The molecule has 2 fully saturated rings. The maximum Gasteiger partial charge on any atom is 0.248 e. The topological polar surface area (TPSA) is 49.4 Å². The van der Waals surface area contributed by atoms with Crippen molar-refractivity contribution in [1.82, 2.24) is 4.90 Å². The van der Waals surface area contributed by atoms with Gasteiger partial charge in [-0.15, -0.1) is 11.8 Å². The minimum absolute atomic E-state index is 0.0686. The molecule has 1 N–H and O–H groups in total. The molecule has 0 saturated carbocycles. The SMILES string of the molecule is Cc1ccc(NC(=O)[C@H]2CS[C@@]3(c4ccccc4)CCC(=O)N23)cc1C. The van der Waals surface area contributed by atoms with Crippen LogP contribution in [0.5, 0.6) is 0 Å². The van der Waals surface area contributed by atoms with E-state index in [1.165, 1.54) is 5.56 Å².